The molecule has 0 aromatic carbocycles. The van der Waals surface area contributed by atoms with Crippen molar-refractivity contribution in [2.45, 2.75) is 26.7 Å². The summed E-state index contributed by atoms with van der Waals surface area (Å²) < 4.78 is 13.0. The van der Waals surface area contributed by atoms with E-state index in [-0.39, 0.29) is 11.9 Å². The standard InChI is InChI=1S/C16H22N4O4/c1-5-23-15(21)13-9-11(17-19(13)3)7-8-12-10-14(20(4)18-12)16(22)24-6-2/h9-10H,5-8H2,1-4H3. The van der Waals surface area contributed by atoms with Crippen molar-refractivity contribution in [3.05, 3.63) is 34.9 Å². The van der Waals surface area contributed by atoms with E-state index in [4.69, 9.17) is 9.47 Å². The van der Waals surface area contributed by atoms with Crippen LogP contribution in [0.4, 0.5) is 0 Å². The summed E-state index contributed by atoms with van der Waals surface area (Å²) in [6.07, 6.45) is 1.21. The fourth-order valence-corrected chi connectivity index (χ4v) is 2.35. The topological polar surface area (TPSA) is 88.2 Å². The molecule has 2 rings (SSSR count). The Labute approximate surface area is 140 Å². The maximum Gasteiger partial charge on any atom is 0.356 e. The number of carbonyl (C=O) groups excluding carboxylic acids is 2. The molecule has 0 aliphatic heterocycles. The third-order valence-corrected chi connectivity index (χ3v) is 3.47. The predicted molar refractivity (Wildman–Crippen MR) is 85.7 cm³/mol. The van der Waals surface area contributed by atoms with E-state index in [1.807, 2.05) is 0 Å². The lowest BCUT2D eigenvalue weighted by atomic mass is 10.2. The van der Waals surface area contributed by atoms with E-state index >= 15 is 0 Å². The molecule has 2 aromatic heterocycles. The summed E-state index contributed by atoms with van der Waals surface area (Å²) in [5.41, 5.74) is 2.37. The number of nitrogens with zero attached hydrogens (tertiary/aromatic N) is 4. The lowest BCUT2D eigenvalue weighted by molar-refractivity contribution is 0.0504. The van der Waals surface area contributed by atoms with Gasteiger partial charge in [0, 0.05) is 14.1 Å². The van der Waals surface area contributed by atoms with E-state index in [0.717, 1.165) is 11.4 Å². The lowest BCUT2D eigenvalue weighted by Crippen LogP contribution is -2.10. The molecule has 0 aliphatic rings. The fourth-order valence-electron chi connectivity index (χ4n) is 2.35. The zero-order valence-corrected chi connectivity index (χ0v) is 14.4. The number of esters is 2. The molecule has 0 N–H and O–H groups in total. The number of aromatic nitrogens is 4. The van der Waals surface area contributed by atoms with Crippen LogP contribution in [0.3, 0.4) is 0 Å². The van der Waals surface area contributed by atoms with Crippen molar-refractivity contribution >= 4 is 11.9 Å². The molecule has 0 amide bonds. The largest absolute Gasteiger partial charge is 0.461 e. The van der Waals surface area contributed by atoms with Crippen molar-refractivity contribution in [1.29, 1.82) is 0 Å². The van der Waals surface area contributed by atoms with Crippen molar-refractivity contribution in [2.24, 2.45) is 14.1 Å². The summed E-state index contributed by atoms with van der Waals surface area (Å²) in [5.74, 6) is -0.776. The second kappa shape index (κ2) is 7.76. The number of hydrogen-bond acceptors (Lipinski definition) is 6. The Morgan fingerprint density at radius 3 is 1.58 bits per heavy atom. The van der Waals surface area contributed by atoms with Crippen molar-refractivity contribution in [3.63, 3.8) is 0 Å². The minimum atomic E-state index is -0.388. The molecule has 0 atom stereocenters. The van der Waals surface area contributed by atoms with Crippen LogP contribution in [0.2, 0.25) is 0 Å². The fraction of sp³-hybridized carbons (Fsp3) is 0.500. The molecule has 2 heterocycles. The van der Waals surface area contributed by atoms with E-state index in [2.05, 4.69) is 10.2 Å². The van der Waals surface area contributed by atoms with E-state index in [0.29, 0.717) is 37.4 Å². The summed E-state index contributed by atoms with van der Waals surface area (Å²) in [6, 6.07) is 3.43. The van der Waals surface area contributed by atoms with Crippen molar-refractivity contribution in [2.75, 3.05) is 13.2 Å². The van der Waals surface area contributed by atoms with Gasteiger partial charge in [-0.25, -0.2) is 9.59 Å². The number of hydrogen-bond donors (Lipinski definition) is 0. The van der Waals surface area contributed by atoms with E-state index in [1.165, 1.54) is 9.36 Å². The van der Waals surface area contributed by atoms with E-state index < -0.39 is 0 Å². The molecule has 24 heavy (non-hydrogen) atoms. The zero-order valence-electron chi connectivity index (χ0n) is 14.4. The Morgan fingerprint density at radius 1 is 0.875 bits per heavy atom. The molecule has 2 aromatic rings. The summed E-state index contributed by atoms with van der Waals surface area (Å²) in [6.45, 7) is 4.17. The molecular weight excluding hydrogens is 312 g/mol. The van der Waals surface area contributed by atoms with Crippen LogP contribution in [0.15, 0.2) is 12.1 Å². The molecule has 8 nitrogen and oxygen atoms in total. The van der Waals surface area contributed by atoms with Gasteiger partial charge in [0.1, 0.15) is 11.4 Å². The highest BCUT2D eigenvalue weighted by atomic mass is 16.5. The van der Waals surface area contributed by atoms with Gasteiger partial charge < -0.3 is 9.47 Å². The highest BCUT2D eigenvalue weighted by molar-refractivity contribution is 5.88. The molecule has 0 bridgehead atoms. The summed E-state index contributed by atoms with van der Waals surface area (Å²) in [4.78, 5) is 23.6. The van der Waals surface area contributed by atoms with Crippen LogP contribution in [0.1, 0.15) is 46.2 Å². The van der Waals surface area contributed by atoms with Crippen molar-refractivity contribution in [3.8, 4) is 0 Å². The van der Waals surface area contributed by atoms with Gasteiger partial charge in [0.2, 0.25) is 0 Å². The van der Waals surface area contributed by atoms with Crippen LogP contribution in [0, 0.1) is 0 Å². The lowest BCUT2D eigenvalue weighted by Gasteiger charge is -2.00. The molecule has 0 aliphatic carbocycles. The minimum absolute atomic E-state index is 0.323. The minimum Gasteiger partial charge on any atom is -0.461 e. The molecular formula is C16H22N4O4. The number of rotatable bonds is 7. The second-order valence-corrected chi connectivity index (χ2v) is 5.23. The van der Waals surface area contributed by atoms with Gasteiger partial charge in [-0.05, 0) is 38.8 Å². The molecule has 8 heteroatoms. The highest BCUT2D eigenvalue weighted by Gasteiger charge is 2.16. The second-order valence-electron chi connectivity index (χ2n) is 5.23. The summed E-state index contributed by atoms with van der Waals surface area (Å²) in [7, 11) is 3.41. The van der Waals surface area contributed by atoms with E-state index in [9.17, 15) is 9.59 Å². The van der Waals surface area contributed by atoms with Crippen LogP contribution in [0.5, 0.6) is 0 Å². The van der Waals surface area contributed by atoms with Gasteiger partial charge in [-0.15, -0.1) is 0 Å². The first-order chi connectivity index (χ1) is 11.5. The first-order valence-corrected chi connectivity index (χ1v) is 7.86. The SMILES string of the molecule is CCOC(=O)c1cc(CCc2cc(C(=O)OCC)n(C)n2)nn1C. The molecule has 130 valence electrons. The average molecular weight is 334 g/mol. The Bertz CT molecular complexity index is 670. The zero-order chi connectivity index (χ0) is 17.7. The third kappa shape index (κ3) is 4.01. The quantitative estimate of drug-likeness (QED) is 0.709. The number of ether oxygens (including phenoxy) is 2. The monoisotopic (exact) mass is 334 g/mol. The Morgan fingerprint density at radius 2 is 1.25 bits per heavy atom. The van der Waals surface area contributed by atoms with Gasteiger partial charge >= 0.3 is 11.9 Å². The predicted octanol–water partition coefficient (Wildman–Crippen LogP) is 1.29. The van der Waals surface area contributed by atoms with Gasteiger partial charge in [-0.1, -0.05) is 0 Å². The van der Waals surface area contributed by atoms with Crippen LogP contribution < -0.4 is 0 Å². The number of carbonyl (C=O) groups is 2. The highest BCUT2D eigenvalue weighted by Crippen LogP contribution is 2.11. The molecule has 0 fully saturated rings. The van der Waals surface area contributed by atoms with Crippen LogP contribution >= 0.6 is 0 Å². The van der Waals surface area contributed by atoms with Crippen molar-refractivity contribution < 1.29 is 19.1 Å². The van der Waals surface area contributed by atoms with Crippen LogP contribution in [-0.2, 0) is 36.4 Å². The Hall–Kier alpha value is -2.64. The Balaban J connectivity index is 2.04. The molecule has 0 saturated carbocycles. The van der Waals surface area contributed by atoms with Crippen LogP contribution in [0.25, 0.3) is 0 Å². The maximum absolute atomic E-state index is 11.8. The van der Waals surface area contributed by atoms with Gasteiger partial charge in [-0.3, -0.25) is 9.36 Å². The Kier molecular flexibility index (Phi) is 5.73. The van der Waals surface area contributed by atoms with Gasteiger partial charge in [-0.2, -0.15) is 10.2 Å². The van der Waals surface area contributed by atoms with Gasteiger partial charge in [0.25, 0.3) is 0 Å². The van der Waals surface area contributed by atoms with Crippen molar-refractivity contribution in [1.82, 2.24) is 19.6 Å². The molecule has 0 saturated heterocycles. The van der Waals surface area contributed by atoms with Crippen LogP contribution in [-0.4, -0.2) is 44.7 Å². The first-order valence-electron chi connectivity index (χ1n) is 7.86. The third-order valence-electron chi connectivity index (χ3n) is 3.47. The van der Waals surface area contributed by atoms with E-state index in [1.54, 1.807) is 40.1 Å². The maximum atomic E-state index is 11.8. The number of aryl methyl sites for hydroxylation is 4. The van der Waals surface area contributed by atoms with Gasteiger partial charge in [0.15, 0.2) is 0 Å². The summed E-state index contributed by atoms with van der Waals surface area (Å²) in [5, 5.41) is 8.62. The first kappa shape index (κ1) is 17.7. The summed E-state index contributed by atoms with van der Waals surface area (Å²) >= 11 is 0. The smallest absolute Gasteiger partial charge is 0.356 e. The average Bonchev–Trinajstić information content (AvgIpc) is 3.08. The molecule has 0 radical (unpaired) electrons. The normalized spacial score (nSPS) is 10.7. The molecule has 0 unspecified atom stereocenters. The molecule has 0 spiro atoms. The van der Waals surface area contributed by atoms with Gasteiger partial charge in [0.05, 0.1) is 24.6 Å².